The Kier molecular flexibility index (Phi) is 9.22. The maximum Gasteiger partial charge on any atom is 0.247 e. The fraction of sp³-hybridized carbons (Fsp3) is 0.242. The van der Waals surface area contributed by atoms with E-state index in [4.69, 9.17) is 15.5 Å². The summed E-state index contributed by atoms with van der Waals surface area (Å²) in [4.78, 5) is 26.8. The van der Waals surface area contributed by atoms with E-state index in [1.807, 2.05) is 52.2 Å². The second-order valence-electron chi connectivity index (χ2n) is 10.3. The standard InChI is InChI=1S/C33H37FN6O2/c1-8-29(41)38-28-16-23(15-27(34)20(28)3)31-30-19(2)26(25(17-35)21(4)36-5)18-37-33(30)39-32(31)22-9-11-24(12-10-22)42-14-13-40(6)7/h8-12,15-18H,1,13-14,35H2,2-7H3,(H,37,39)(H,38,41)/b25-17+,36-21?. The minimum Gasteiger partial charge on any atom is -0.492 e. The van der Waals surface area contributed by atoms with Crippen molar-refractivity contribution in [1.29, 1.82) is 0 Å². The molecule has 9 heteroatoms. The Morgan fingerprint density at radius 2 is 1.90 bits per heavy atom. The van der Waals surface area contributed by atoms with E-state index in [1.165, 1.54) is 12.3 Å². The zero-order valence-corrected chi connectivity index (χ0v) is 24.9. The van der Waals surface area contributed by atoms with Gasteiger partial charge in [0.15, 0.2) is 0 Å². The number of aromatic nitrogens is 2. The van der Waals surface area contributed by atoms with Crippen LogP contribution in [0.5, 0.6) is 5.75 Å². The number of amides is 1. The van der Waals surface area contributed by atoms with Crippen LogP contribution in [-0.2, 0) is 4.79 Å². The van der Waals surface area contributed by atoms with Gasteiger partial charge >= 0.3 is 0 Å². The molecule has 0 atom stereocenters. The molecule has 8 nitrogen and oxygen atoms in total. The van der Waals surface area contributed by atoms with Crippen LogP contribution < -0.4 is 15.8 Å². The van der Waals surface area contributed by atoms with Crippen molar-refractivity contribution in [2.45, 2.75) is 20.8 Å². The van der Waals surface area contributed by atoms with E-state index in [1.54, 1.807) is 26.2 Å². The highest BCUT2D eigenvalue weighted by atomic mass is 19.1. The number of aromatic amines is 1. The number of aryl methyl sites for hydroxylation is 1. The van der Waals surface area contributed by atoms with Crippen molar-refractivity contribution in [1.82, 2.24) is 14.9 Å². The summed E-state index contributed by atoms with van der Waals surface area (Å²) in [5.41, 5.74) is 13.5. The van der Waals surface area contributed by atoms with Crippen molar-refractivity contribution < 1.29 is 13.9 Å². The highest BCUT2D eigenvalue weighted by Gasteiger charge is 2.23. The Hall–Kier alpha value is -4.76. The summed E-state index contributed by atoms with van der Waals surface area (Å²) >= 11 is 0. The van der Waals surface area contributed by atoms with Crippen LogP contribution >= 0.6 is 0 Å². The molecular formula is C33H37FN6O2. The van der Waals surface area contributed by atoms with E-state index in [0.29, 0.717) is 29.1 Å². The number of pyridine rings is 1. The number of aliphatic imine (C=N–C) groups is 1. The number of carbonyl (C=O) groups is 1. The molecular weight excluding hydrogens is 531 g/mol. The van der Waals surface area contributed by atoms with Crippen molar-refractivity contribution in [3.05, 3.63) is 84.0 Å². The molecule has 0 unspecified atom stereocenters. The predicted molar refractivity (Wildman–Crippen MR) is 170 cm³/mol. The molecule has 1 amide bonds. The molecule has 2 heterocycles. The van der Waals surface area contributed by atoms with E-state index in [2.05, 4.69) is 26.8 Å². The zero-order valence-electron chi connectivity index (χ0n) is 24.9. The predicted octanol–water partition coefficient (Wildman–Crippen LogP) is 6.11. The first-order valence-electron chi connectivity index (χ1n) is 13.6. The van der Waals surface area contributed by atoms with Crippen LogP contribution in [0, 0.1) is 19.7 Å². The summed E-state index contributed by atoms with van der Waals surface area (Å²) in [6.07, 6.45) is 4.44. The maximum absolute atomic E-state index is 15.4. The van der Waals surface area contributed by atoms with Gasteiger partial charge in [0.05, 0.1) is 5.69 Å². The third-order valence-electron chi connectivity index (χ3n) is 7.29. The van der Waals surface area contributed by atoms with Gasteiger partial charge < -0.3 is 25.7 Å². The molecule has 0 aliphatic rings. The number of benzene rings is 2. The van der Waals surface area contributed by atoms with Crippen molar-refractivity contribution in [3.8, 4) is 28.1 Å². The fourth-order valence-corrected chi connectivity index (χ4v) is 4.81. The van der Waals surface area contributed by atoms with Crippen LogP contribution in [0.1, 0.15) is 23.6 Å². The van der Waals surface area contributed by atoms with Crippen molar-refractivity contribution in [2.75, 3.05) is 39.6 Å². The lowest BCUT2D eigenvalue weighted by molar-refractivity contribution is -0.111. The van der Waals surface area contributed by atoms with Gasteiger partial charge in [-0.3, -0.25) is 9.79 Å². The first-order valence-corrected chi connectivity index (χ1v) is 13.6. The first kappa shape index (κ1) is 30.2. The van der Waals surface area contributed by atoms with E-state index >= 15 is 4.39 Å². The molecule has 0 spiro atoms. The zero-order chi connectivity index (χ0) is 30.6. The number of H-pyrrole nitrogens is 1. The summed E-state index contributed by atoms with van der Waals surface area (Å²) in [5.74, 6) is -0.126. The lowest BCUT2D eigenvalue weighted by atomic mass is 9.92. The molecule has 218 valence electrons. The smallest absolute Gasteiger partial charge is 0.247 e. The maximum atomic E-state index is 15.4. The lowest BCUT2D eigenvalue weighted by Crippen LogP contribution is -2.19. The molecule has 4 N–H and O–H groups in total. The van der Waals surface area contributed by atoms with Gasteiger partial charge in [-0.15, -0.1) is 0 Å². The van der Waals surface area contributed by atoms with Gasteiger partial charge in [-0.2, -0.15) is 0 Å². The van der Waals surface area contributed by atoms with Gasteiger partial charge in [-0.25, -0.2) is 9.37 Å². The van der Waals surface area contributed by atoms with Crippen molar-refractivity contribution >= 4 is 33.9 Å². The lowest BCUT2D eigenvalue weighted by Gasteiger charge is -2.15. The quantitative estimate of drug-likeness (QED) is 0.158. The molecule has 0 aliphatic carbocycles. The van der Waals surface area contributed by atoms with Crippen LogP contribution in [0.3, 0.4) is 0 Å². The molecule has 2 aromatic heterocycles. The number of hydrogen-bond acceptors (Lipinski definition) is 6. The fourth-order valence-electron chi connectivity index (χ4n) is 4.81. The number of ether oxygens (including phenoxy) is 1. The van der Waals surface area contributed by atoms with E-state index < -0.39 is 11.7 Å². The number of carbonyl (C=O) groups excluding carboxylic acids is 1. The summed E-state index contributed by atoms with van der Waals surface area (Å²) in [7, 11) is 5.70. The Morgan fingerprint density at radius 3 is 2.52 bits per heavy atom. The normalized spacial score (nSPS) is 12.2. The third kappa shape index (κ3) is 6.11. The largest absolute Gasteiger partial charge is 0.492 e. The number of nitrogens with two attached hydrogens (primary N) is 1. The number of likely N-dealkylation sites (N-methyl/N-ethyl adjacent to an activating group) is 1. The van der Waals surface area contributed by atoms with Gasteiger partial charge in [0, 0.05) is 65.0 Å². The first-order chi connectivity index (χ1) is 20.1. The van der Waals surface area contributed by atoms with Gasteiger partial charge in [-0.05, 0) is 94.0 Å². The molecule has 0 radical (unpaired) electrons. The number of nitrogens with zero attached hydrogens (tertiary/aromatic N) is 3. The minimum absolute atomic E-state index is 0.327. The minimum atomic E-state index is -0.449. The highest BCUT2D eigenvalue weighted by Crippen LogP contribution is 2.42. The molecule has 42 heavy (non-hydrogen) atoms. The molecule has 0 fully saturated rings. The summed E-state index contributed by atoms with van der Waals surface area (Å²) in [6, 6.07) is 11.0. The second-order valence-corrected chi connectivity index (χ2v) is 10.3. The van der Waals surface area contributed by atoms with Crippen LogP contribution in [0.4, 0.5) is 10.1 Å². The highest BCUT2D eigenvalue weighted by molar-refractivity contribution is 6.23. The number of anilines is 1. The molecule has 4 rings (SSSR count). The number of hydrogen-bond donors (Lipinski definition) is 3. The Labute approximate surface area is 245 Å². The number of rotatable bonds is 10. The summed E-state index contributed by atoms with van der Waals surface area (Å²) in [5, 5.41) is 3.54. The number of allylic oxidation sites excluding steroid dienone is 1. The average Bonchev–Trinajstić information content (AvgIpc) is 3.37. The number of halogens is 1. The van der Waals surface area contributed by atoms with Crippen LogP contribution in [0.2, 0.25) is 0 Å². The summed E-state index contributed by atoms with van der Waals surface area (Å²) < 4.78 is 21.3. The molecule has 0 saturated heterocycles. The Balaban J connectivity index is 1.97. The van der Waals surface area contributed by atoms with Crippen LogP contribution in [0.15, 0.2) is 66.4 Å². The van der Waals surface area contributed by atoms with E-state index in [9.17, 15) is 4.79 Å². The van der Waals surface area contributed by atoms with E-state index in [0.717, 1.165) is 63.0 Å². The topological polar surface area (TPSA) is 109 Å². The number of nitrogens with one attached hydrogen (secondary N) is 2. The Morgan fingerprint density at radius 1 is 1.19 bits per heavy atom. The second kappa shape index (κ2) is 12.8. The SMILES string of the molecule is C=CC(=O)Nc1cc(-c2c(-c3ccc(OCCN(C)C)cc3)[nH]c3ncc(/C(=C/N)C(C)=NC)c(C)c23)cc(F)c1C. The van der Waals surface area contributed by atoms with Crippen molar-refractivity contribution in [3.63, 3.8) is 0 Å². The number of fused-ring (bicyclic) bond motifs is 1. The Bertz CT molecular complexity index is 1700. The molecule has 4 aromatic rings. The van der Waals surface area contributed by atoms with Gasteiger partial charge in [0.2, 0.25) is 5.91 Å². The van der Waals surface area contributed by atoms with E-state index in [-0.39, 0.29) is 0 Å². The van der Waals surface area contributed by atoms with Crippen LogP contribution in [0.25, 0.3) is 39.0 Å². The molecule has 2 aromatic carbocycles. The third-order valence-corrected chi connectivity index (χ3v) is 7.29. The monoisotopic (exact) mass is 568 g/mol. The average molecular weight is 569 g/mol. The van der Waals surface area contributed by atoms with Gasteiger partial charge in [0.1, 0.15) is 23.8 Å². The van der Waals surface area contributed by atoms with Crippen LogP contribution in [-0.4, -0.2) is 60.8 Å². The summed E-state index contributed by atoms with van der Waals surface area (Å²) in [6.45, 7) is 10.4. The molecule has 0 bridgehead atoms. The van der Waals surface area contributed by atoms with Crippen molar-refractivity contribution in [2.24, 2.45) is 10.7 Å². The van der Waals surface area contributed by atoms with Gasteiger partial charge in [0.25, 0.3) is 0 Å². The molecule has 0 saturated carbocycles. The molecule has 0 aliphatic heterocycles. The van der Waals surface area contributed by atoms with Gasteiger partial charge in [-0.1, -0.05) is 6.58 Å².